The van der Waals surface area contributed by atoms with Crippen LogP contribution in [0.2, 0.25) is 0 Å². The summed E-state index contributed by atoms with van der Waals surface area (Å²) >= 11 is 0. The number of hydrogen-bond acceptors (Lipinski definition) is 1. The summed E-state index contributed by atoms with van der Waals surface area (Å²) in [4.78, 5) is 7.31. The molecule has 12 heavy (non-hydrogen) atoms. The zero-order valence-electron chi connectivity index (χ0n) is 6.36. The third-order valence-corrected chi connectivity index (χ3v) is 1.76. The number of benzene rings is 1. The topological polar surface area (TPSA) is 17.2 Å². The van der Waals surface area contributed by atoms with Gasteiger partial charge in [0, 0.05) is 5.39 Å². The van der Waals surface area contributed by atoms with Crippen molar-refractivity contribution in [2.45, 2.75) is 0 Å². The van der Waals surface area contributed by atoms with Crippen molar-refractivity contribution in [3.63, 3.8) is 0 Å². The number of pyridine rings is 1. The molecule has 0 aliphatic heterocycles. The van der Waals surface area contributed by atoms with Gasteiger partial charge < -0.3 is 4.85 Å². The van der Waals surface area contributed by atoms with Crippen LogP contribution in [0.1, 0.15) is 0 Å². The first-order chi connectivity index (χ1) is 5.92. The average molecular weight is 154 g/mol. The summed E-state index contributed by atoms with van der Waals surface area (Å²) < 4.78 is 0. The van der Waals surface area contributed by atoms with Crippen LogP contribution in [0.5, 0.6) is 0 Å². The first kappa shape index (κ1) is 6.81. The second-order valence-corrected chi connectivity index (χ2v) is 2.47. The number of aromatic nitrogens is 1. The van der Waals surface area contributed by atoms with Crippen LogP contribution >= 0.6 is 0 Å². The standard InChI is InChI=1S/C10H6N2/c1-11-10-9-5-3-2-4-8(9)6-7-12-10/h2-7H. The van der Waals surface area contributed by atoms with Crippen LogP contribution in [0.15, 0.2) is 36.5 Å². The van der Waals surface area contributed by atoms with Gasteiger partial charge in [-0.05, 0) is 11.5 Å². The van der Waals surface area contributed by atoms with Gasteiger partial charge in [0.25, 0.3) is 5.82 Å². The molecule has 2 heteroatoms. The molecule has 0 saturated heterocycles. The number of rotatable bonds is 0. The molecule has 2 rings (SSSR count). The van der Waals surface area contributed by atoms with Gasteiger partial charge in [-0.25, -0.2) is 0 Å². The molecule has 0 aliphatic carbocycles. The number of fused-ring (bicyclic) bond motifs is 1. The average Bonchev–Trinajstić information content (AvgIpc) is 2.17. The summed E-state index contributed by atoms with van der Waals surface area (Å²) in [6, 6.07) is 9.67. The quantitative estimate of drug-likeness (QED) is 0.533. The molecule has 0 unspecified atom stereocenters. The van der Waals surface area contributed by atoms with Crippen molar-refractivity contribution in [3.8, 4) is 0 Å². The highest BCUT2D eigenvalue weighted by Gasteiger charge is 1.98. The second kappa shape index (κ2) is 2.63. The van der Waals surface area contributed by atoms with Crippen LogP contribution in [0.3, 0.4) is 0 Å². The Morgan fingerprint density at radius 3 is 2.83 bits per heavy atom. The van der Waals surface area contributed by atoms with E-state index in [0.29, 0.717) is 5.82 Å². The van der Waals surface area contributed by atoms with E-state index < -0.39 is 0 Å². The monoisotopic (exact) mass is 154 g/mol. The van der Waals surface area contributed by atoms with Crippen LogP contribution in [-0.2, 0) is 0 Å². The summed E-state index contributed by atoms with van der Waals surface area (Å²) in [6.45, 7) is 6.89. The molecule has 1 aromatic heterocycles. The largest absolute Gasteiger partial charge is 0.360 e. The third-order valence-electron chi connectivity index (χ3n) is 1.76. The van der Waals surface area contributed by atoms with E-state index in [-0.39, 0.29) is 0 Å². The minimum Gasteiger partial charge on any atom is -0.360 e. The van der Waals surface area contributed by atoms with E-state index in [1.54, 1.807) is 6.20 Å². The Hall–Kier alpha value is -1.88. The molecule has 1 heterocycles. The lowest BCUT2D eigenvalue weighted by Gasteiger charge is -1.95. The van der Waals surface area contributed by atoms with E-state index in [4.69, 9.17) is 6.57 Å². The Morgan fingerprint density at radius 2 is 2.00 bits per heavy atom. The van der Waals surface area contributed by atoms with E-state index in [1.165, 1.54) is 0 Å². The summed E-state index contributed by atoms with van der Waals surface area (Å²) in [5.41, 5.74) is 0. The Labute approximate surface area is 70.3 Å². The van der Waals surface area contributed by atoms with Crippen LogP contribution in [0, 0.1) is 6.57 Å². The molecule has 1 aromatic carbocycles. The van der Waals surface area contributed by atoms with Gasteiger partial charge in [0.1, 0.15) is 6.20 Å². The molecule has 2 aromatic rings. The van der Waals surface area contributed by atoms with Crippen molar-refractivity contribution < 1.29 is 0 Å². The zero-order chi connectivity index (χ0) is 8.39. The van der Waals surface area contributed by atoms with Gasteiger partial charge in [0.15, 0.2) is 0 Å². The molecule has 2 nitrogen and oxygen atoms in total. The lowest BCUT2D eigenvalue weighted by Crippen LogP contribution is -1.74. The number of nitrogens with zero attached hydrogens (tertiary/aromatic N) is 2. The van der Waals surface area contributed by atoms with E-state index in [2.05, 4.69) is 9.83 Å². The van der Waals surface area contributed by atoms with E-state index in [1.807, 2.05) is 30.3 Å². The van der Waals surface area contributed by atoms with Crippen molar-refractivity contribution >= 4 is 16.6 Å². The molecule has 0 aliphatic rings. The van der Waals surface area contributed by atoms with Gasteiger partial charge in [0.05, 0.1) is 0 Å². The van der Waals surface area contributed by atoms with E-state index >= 15 is 0 Å². The molecular formula is C10H6N2. The summed E-state index contributed by atoms with van der Waals surface area (Å²) in [5, 5.41) is 1.99. The van der Waals surface area contributed by atoms with Crippen LogP contribution in [-0.4, -0.2) is 4.98 Å². The second-order valence-electron chi connectivity index (χ2n) is 2.47. The molecule has 0 bridgehead atoms. The van der Waals surface area contributed by atoms with Gasteiger partial charge in [-0.15, -0.1) is 4.98 Å². The summed E-state index contributed by atoms with van der Waals surface area (Å²) in [5.74, 6) is 0.480. The van der Waals surface area contributed by atoms with Crippen LogP contribution < -0.4 is 0 Å². The predicted molar refractivity (Wildman–Crippen MR) is 48.0 cm³/mol. The Balaban J connectivity index is 2.91. The summed E-state index contributed by atoms with van der Waals surface area (Å²) in [7, 11) is 0. The highest BCUT2D eigenvalue weighted by atomic mass is 14.9. The molecule has 0 saturated carbocycles. The van der Waals surface area contributed by atoms with Gasteiger partial charge in [-0.2, -0.15) is 0 Å². The lowest BCUT2D eigenvalue weighted by atomic mass is 10.2. The molecule has 0 fully saturated rings. The van der Waals surface area contributed by atoms with E-state index in [0.717, 1.165) is 10.8 Å². The maximum Gasteiger partial charge on any atom is 0.277 e. The molecule has 0 atom stereocenters. The highest BCUT2D eigenvalue weighted by Crippen LogP contribution is 2.22. The maximum absolute atomic E-state index is 6.89. The number of hydrogen-bond donors (Lipinski definition) is 0. The van der Waals surface area contributed by atoms with Crippen molar-refractivity contribution in [2.75, 3.05) is 0 Å². The fourth-order valence-electron chi connectivity index (χ4n) is 1.19. The predicted octanol–water partition coefficient (Wildman–Crippen LogP) is 2.79. The van der Waals surface area contributed by atoms with Gasteiger partial charge in [-0.1, -0.05) is 30.8 Å². The van der Waals surface area contributed by atoms with Gasteiger partial charge >= 0.3 is 0 Å². The summed E-state index contributed by atoms with van der Waals surface area (Å²) in [6.07, 6.45) is 1.66. The third kappa shape index (κ3) is 0.923. The first-order valence-corrected chi connectivity index (χ1v) is 3.63. The minimum atomic E-state index is 0.480. The van der Waals surface area contributed by atoms with Crippen molar-refractivity contribution in [3.05, 3.63) is 47.9 Å². The molecule has 0 spiro atoms. The zero-order valence-corrected chi connectivity index (χ0v) is 6.36. The van der Waals surface area contributed by atoms with Crippen LogP contribution in [0.4, 0.5) is 5.82 Å². The van der Waals surface area contributed by atoms with Crippen molar-refractivity contribution in [1.29, 1.82) is 0 Å². The van der Waals surface area contributed by atoms with E-state index in [9.17, 15) is 0 Å². The fraction of sp³-hybridized carbons (Fsp3) is 0. The SMILES string of the molecule is [C-]#[N+]c1nccc2ccccc12. The van der Waals surface area contributed by atoms with Crippen molar-refractivity contribution in [2.24, 2.45) is 0 Å². The molecule has 0 amide bonds. The van der Waals surface area contributed by atoms with Gasteiger partial charge in [-0.3, -0.25) is 0 Å². The van der Waals surface area contributed by atoms with Crippen LogP contribution in [0.25, 0.3) is 15.6 Å². The molecule has 0 radical (unpaired) electrons. The van der Waals surface area contributed by atoms with Gasteiger partial charge in [0.2, 0.25) is 0 Å². The Kier molecular flexibility index (Phi) is 1.49. The Morgan fingerprint density at radius 1 is 1.17 bits per heavy atom. The first-order valence-electron chi connectivity index (χ1n) is 3.63. The minimum absolute atomic E-state index is 0.480. The highest BCUT2D eigenvalue weighted by molar-refractivity contribution is 5.91. The smallest absolute Gasteiger partial charge is 0.277 e. The maximum atomic E-state index is 6.89. The fourth-order valence-corrected chi connectivity index (χ4v) is 1.19. The lowest BCUT2D eigenvalue weighted by molar-refractivity contribution is 1.39. The molecular weight excluding hydrogens is 148 g/mol. The van der Waals surface area contributed by atoms with Crippen molar-refractivity contribution in [1.82, 2.24) is 4.98 Å². The molecule has 56 valence electrons. The normalized spacial score (nSPS) is 9.58. The molecule has 0 N–H and O–H groups in total. The Bertz CT molecular complexity index is 449.